The van der Waals surface area contributed by atoms with Gasteiger partial charge in [-0.15, -0.1) is 0 Å². The van der Waals surface area contributed by atoms with Crippen LogP contribution in [-0.4, -0.2) is 37.4 Å². The maximum atomic E-state index is 10.2. The molecule has 7 nitrogen and oxygen atoms in total. The second-order valence-corrected chi connectivity index (χ2v) is 7.02. The van der Waals surface area contributed by atoms with E-state index in [0.29, 0.717) is 31.5 Å². The summed E-state index contributed by atoms with van der Waals surface area (Å²) in [5, 5.41) is 16.8. The highest BCUT2D eigenvalue weighted by Gasteiger charge is 2.14. The summed E-state index contributed by atoms with van der Waals surface area (Å²) in [7, 11) is 0. The molecule has 2 unspecified atom stereocenters. The highest BCUT2D eigenvalue weighted by Crippen LogP contribution is 2.31. The van der Waals surface area contributed by atoms with Gasteiger partial charge in [0.05, 0.1) is 32.1 Å². The molecule has 0 saturated carbocycles. The quantitative estimate of drug-likeness (QED) is 0.354. The summed E-state index contributed by atoms with van der Waals surface area (Å²) in [5.74, 6) is 2.65. The molecule has 0 amide bonds. The van der Waals surface area contributed by atoms with Crippen LogP contribution in [0.2, 0.25) is 0 Å². The van der Waals surface area contributed by atoms with Crippen LogP contribution in [0.4, 0.5) is 0 Å². The largest absolute Gasteiger partial charge is 0.490 e. The number of aliphatic hydroxyl groups excluding tert-OH is 1. The highest BCUT2D eigenvalue weighted by molar-refractivity contribution is 5.80. The van der Waals surface area contributed by atoms with Crippen LogP contribution < -0.4 is 20.1 Å². The molecule has 0 radical (unpaired) electrons. The first kappa shape index (κ1) is 23.6. The Hall–Kier alpha value is -2.67. The average molecular weight is 418 g/mol. The number of nitrogens with zero attached hydrogens (tertiary/aromatic N) is 1. The van der Waals surface area contributed by atoms with E-state index in [1.165, 1.54) is 0 Å². The molecule has 1 aromatic carbocycles. The van der Waals surface area contributed by atoms with Crippen LogP contribution in [0, 0.1) is 0 Å². The Labute approximate surface area is 179 Å². The van der Waals surface area contributed by atoms with Gasteiger partial charge in [0.25, 0.3) is 0 Å². The lowest BCUT2D eigenvalue weighted by atomic mass is 10.1. The zero-order valence-electron chi connectivity index (χ0n) is 18.5. The summed E-state index contributed by atoms with van der Waals surface area (Å²) in [5.41, 5.74) is 1.06. The topological polar surface area (TPSA) is 88.2 Å². The lowest BCUT2D eigenvalue weighted by Gasteiger charge is -2.20. The van der Waals surface area contributed by atoms with Gasteiger partial charge in [0.15, 0.2) is 17.5 Å². The summed E-state index contributed by atoms with van der Waals surface area (Å²) in [6.07, 6.45) is 2.63. The maximum absolute atomic E-state index is 10.2. The van der Waals surface area contributed by atoms with Crippen LogP contribution in [0.5, 0.6) is 11.5 Å². The van der Waals surface area contributed by atoms with Crippen molar-refractivity contribution in [1.82, 2.24) is 10.6 Å². The molecule has 1 aromatic heterocycles. The fourth-order valence-electron chi connectivity index (χ4n) is 2.81. The van der Waals surface area contributed by atoms with Crippen molar-refractivity contribution in [3.8, 4) is 11.5 Å². The van der Waals surface area contributed by atoms with Gasteiger partial charge in [0, 0.05) is 6.54 Å². The third-order valence-electron chi connectivity index (χ3n) is 4.38. The number of aliphatic hydroxyl groups is 1. The van der Waals surface area contributed by atoms with Gasteiger partial charge in [-0.3, -0.25) is 4.99 Å². The molecular formula is C23H35N3O4. The van der Waals surface area contributed by atoms with Crippen molar-refractivity contribution in [2.45, 2.75) is 52.7 Å². The zero-order valence-corrected chi connectivity index (χ0v) is 18.5. The Morgan fingerprint density at radius 1 is 1.10 bits per heavy atom. The van der Waals surface area contributed by atoms with Crippen LogP contribution in [0.15, 0.2) is 46.0 Å². The summed E-state index contributed by atoms with van der Waals surface area (Å²) >= 11 is 0. The SMILES string of the molecule is CCCOc1ccc(C(C)NC(=NCC(O)c2ccco2)NCC)cc1OCCC. The smallest absolute Gasteiger partial charge is 0.191 e. The fraction of sp³-hybridized carbons (Fsp3) is 0.522. The van der Waals surface area contributed by atoms with E-state index in [1.54, 1.807) is 18.4 Å². The van der Waals surface area contributed by atoms with Gasteiger partial charge >= 0.3 is 0 Å². The molecule has 0 aliphatic heterocycles. The van der Waals surface area contributed by atoms with Crippen molar-refractivity contribution in [1.29, 1.82) is 0 Å². The van der Waals surface area contributed by atoms with Crippen molar-refractivity contribution in [2.75, 3.05) is 26.3 Å². The molecule has 0 saturated heterocycles. The molecule has 0 aliphatic rings. The number of rotatable bonds is 12. The first-order valence-electron chi connectivity index (χ1n) is 10.7. The van der Waals surface area contributed by atoms with Gasteiger partial charge < -0.3 is 29.6 Å². The van der Waals surface area contributed by atoms with E-state index >= 15 is 0 Å². The summed E-state index contributed by atoms with van der Waals surface area (Å²) in [6, 6.07) is 9.47. The molecule has 3 N–H and O–H groups in total. The van der Waals surface area contributed by atoms with E-state index in [9.17, 15) is 5.11 Å². The van der Waals surface area contributed by atoms with Crippen molar-refractivity contribution in [3.63, 3.8) is 0 Å². The van der Waals surface area contributed by atoms with E-state index in [1.807, 2.05) is 25.1 Å². The molecule has 2 rings (SSSR count). The van der Waals surface area contributed by atoms with Gasteiger partial charge in [-0.25, -0.2) is 0 Å². The first-order valence-corrected chi connectivity index (χ1v) is 10.7. The maximum Gasteiger partial charge on any atom is 0.191 e. The van der Waals surface area contributed by atoms with E-state index in [-0.39, 0.29) is 12.6 Å². The fourth-order valence-corrected chi connectivity index (χ4v) is 2.81. The van der Waals surface area contributed by atoms with Gasteiger partial charge in [0.2, 0.25) is 0 Å². The van der Waals surface area contributed by atoms with Crippen LogP contribution in [0.1, 0.15) is 64.0 Å². The average Bonchev–Trinajstić information content (AvgIpc) is 3.29. The predicted octanol–water partition coefficient (Wildman–Crippen LogP) is 4.21. The number of guanidine groups is 1. The molecule has 166 valence electrons. The molecule has 30 heavy (non-hydrogen) atoms. The van der Waals surface area contributed by atoms with Crippen LogP contribution in [0.25, 0.3) is 0 Å². The van der Waals surface area contributed by atoms with E-state index in [0.717, 1.165) is 29.9 Å². The minimum atomic E-state index is -0.783. The lowest BCUT2D eigenvalue weighted by molar-refractivity contribution is 0.158. The molecular weight excluding hydrogens is 382 g/mol. The number of hydrogen-bond donors (Lipinski definition) is 3. The molecule has 2 atom stereocenters. The Morgan fingerprint density at radius 3 is 2.47 bits per heavy atom. The minimum absolute atomic E-state index is 0.0206. The molecule has 0 aliphatic carbocycles. The van der Waals surface area contributed by atoms with Gasteiger partial charge in [-0.1, -0.05) is 19.9 Å². The second-order valence-electron chi connectivity index (χ2n) is 7.02. The third-order valence-corrected chi connectivity index (χ3v) is 4.38. The number of nitrogens with one attached hydrogen (secondary N) is 2. The third kappa shape index (κ3) is 7.30. The molecule has 2 aromatic rings. The minimum Gasteiger partial charge on any atom is -0.490 e. The Balaban J connectivity index is 2.09. The molecule has 0 fully saturated rings. The van der Waals surface area contributed by atoms with Gasteiger partial charge in [-0.2, -0.15) is 0 Å². The summed E-state index contributed by atoms with van der Waals surface area (Å²) < 4.78 is 17.0. The van der Waals surface area contributed by atoms with Crippen molar-refractivity contribution in [2.24, 2.45) is 4.99 Å². The molecule has 0 spiro atoms. The lowest BCUT2D eigenvalue weighted by Crippen LogP contribution is -2.39. The van der Waals surface area contributed by atoms with Crippen molar-refractivity contribution < 1.29 is 19.0 Å². The zero-order chi connectivity index (χ0) is 21.8. The van der Waals surface area contributed by atoms with E-state index in [4.69, 9.17) is 13.9 Å². The van der Waals surface area contributed by atoms with E-state index < -0.39 is 6.10 Å². The number of ether oxygens (including phenoxy) is 2. The Bertz CT molecular complexity index is 762. The van der Waals surface area contributed by atoms with Gasteiger partial charge in [0.1, 0.15) is 11.9 Å². The summed E-state index contributed by atoms with van der Waals surface area (Å²) in [6.45, 7) is 10.4. The number of hydrogen-bond acceptors (Lipinski definition) is 5. The Morgan fingerprint density at radius 2 is 1.83 bits per heavy atom. The monoisotopic (exact) mass is 417 g/mol. The highest BCUT2D eigenvalue weighted by atomic mass is 16.5. The molecule has 0 bridgehead atoms. The van der Waals surface area contributed by atoms with Crippen LogP contribution >= 0.6 is 0 Å². The Kier molecular flexibility index (Phi) is 10.1. The molecule has 7 heteroatoms. The number of benzene rings is 1. The second kappa shape index (κ2) is 12.8. The van der Waals surface area contributed by atoms with E-state index in [2.05, 4.69) is 36.4 Å². The van der Waals surface area contributed by atoms with Crippen molar-refractivity contribution in [3.05, 3.63) is 47.9 Å². The number of furan rings is 1. The normalized spacial score (nSPS) is 13.6. The number of aliphatic imine (C=N–C) groups is 1. The standard InChI is InChI=1S/C23H35N3O4/c1-5-12-28-21-11-10-18(15-22(21)29-13-6-2)17(4)26-23(24-7-3)25-16-19(27)20-9-8-14-30-20/h8-11,14-15,17,19,27H,5-7,12-13,16H2,1-4H3,(H2,24,25,26). The van der Waals surface area contributed by atoms with Crippen LogP contribution in [-0.2, 0) is 0 Å². The van der Waals surface area contributed by atoms with Gasteiger partial charge in [-0.05, 0) is 56.5 Å². The first-order chi connectivity index (χ1) is 14.6. The van der Waals surface area contributed by atoms with Crippen LogP contribution in [0.3, 0.4) is 0 Å². The summed E-state index contributed by atoms with van der Waals surface area (Å²) in [4.78, 5) is 4.49. The predicted molar refractivity (Wildman–Crippen MR) is 119 cm³/mol. The molecule has 1 heterocycles. The van der Waals surface area contributed by atoms with Crippen molar-refractivity contribution >= 4 is 5.96 Å².